The van der Waals surface area contributed by atoms with Gasteiger partial charge in [0.05, 0.1) is 63.9 Å². The van der Waals surface area contributed by atoms with Crippen molar-refractivity contribution in [2.75, 3.05) is 47.7 Å². The number of aromatic nitrogens is 18. The number of hydrogen-bond donors (Lipinski definition) is 8. The highest BCUT2D eigenvalue weighted by Gasteiger charge is 2.68. The molecule has 738 valence electrons. The van der Waals surface area contributed by atoms with Crippen molar-refractivity contribution in [2.45, 2.75) is 237 Å². The molecule has 6 fully saturated rings. The van der Waals surface area contributed by atoms with Crippen molar-refractivity contribution in [3.05, 3.63) is 192 Å². The lowest BCUT2D eigenvalue weighted by atomic mass is 10.0. The number of halogens is 2. The number of anilines is 4. The van der Waals surface area contributed by atoms with Gasteiger partial charge < -0.3 is 66.7 Å². The molecule has 4 amide bonds. The molecule has 0 radical (unpaired) electrons. The molecule has 12 aromatic rings. The molecule has 18 atom stereocenters. The van der Waals surface area contributed by atoms with E-state index in [1.807, 2.05) is 80.3 Å². The Morgan fingerprint density at radius 3 is 1.30 bits per heavy atom. The molecule has 6 aliphatic rings. The molecule has 3 unspecified atom stereocenters. The Kier molecular flexibility index (Phi) is 31.3. The van der Waals surface area contributed by atoms with Gasteiger partial charge >= 0.3 is 16.4 Å². The number of benzene rings is 2. The predicted molar refractivity (Wildman–Crippen MR) is 504 cm³/mol. The van der Waals surface area contributed by atoms with Crippen LogP contribution in [-0.4, -0.2) is 227 Å². The monoisotopic (exact) mass is 1980 g/mol. The molecule has 6 saturated heterocycles. The van der Waals surface area contributed by atoms with Crippen LogP contribution in [0.5, 0.6) is 0 Å². The van der Waals surface area contributed by atoms with Gasteiger partial charge in [0.2, 0.25) is 23.7 Å². The predicted octanol–water partition coefficient (Wildman–Crippen LogP) is 11.8. The van der Waals surface area contributed by atoms with Crippen molar-refractivity contribution in [3.63, 3.8) is 0 Å². The molecule has 10 aromatic heterocycles. The Labute approximate surface area is 794 Å². The number of phosphoric acid groups is 1. The fourth-order valence-corrected chi connectivity index (χ4v) is 20.0. The number of carbonyl (C=O) groups is 4. The molecule has 4 bridgehead atoms. The van der Waals surface area contributed by atoms with Gasteiger partial charge in [0.25, 0.3) is 22.9 Å². The van der Waals surface area contributed by atoms with Crippen LogP contribution in [0.1, 0.15) is 149 Å². The number of aromatic amines is 4. The van der Waals surface area contributed by atoms with E-state index < -0.39 is 172 Å². The summed E-state index contributed by atoms with van der Waals surface area (Å²) in [6.45, 7) is 30.0. The molecule has 10 N–H and O–H groups in total. The van der Waals surface area contributed by atoms with Gasteiger partial charge in [-0.1, -0.05) is 139 Å². The molecule has 18 rings (SSSR count). The van der Waals surface area contributed by atoms with Crippen molar-refractivity contribution in [1.82, 2.24) is 78.1 Å². The van der Waals surface area contributed by atoms with Crippen LogP contribution in [0.4, 0.5) is 32.3 Å². The first-order valence-corrected chi connectivity index (χ1v) is 53.0. The van der Waals surface area contributed by atoms with Crippen molar-refractivity contribution >= 4 is 125 Å². The maximum atomic E-state index is 16.2. The number of rotatable bonds is 28. The molecule has 138 heavy (non-hydrogen) atoms. The zero-order chi connectivity index (χ0) is 98.0. The second-order valence-corrected chi connectivity index (χ2v) is 49.0. The van der Waals surface area contributed by atoms with Gasteiger partial charge in [-0.3, -0.25) is 76.7 Å². The second kappa shape index (κ2) is 42.1. The molecular formula is C89H116F2N22O21P2Si2+2. The number of carbonyl (C=O) groups excluding carboxylic acids is 4. The summed E-state index contributed by atoms with van der Waals surface area (Å²) in [5, 5.41) is 10.2. The number of phosphoric ester groups is 1. The van der Waals surface area contributed by atoms with E-state index in [1.54, 1.807) is 105 Å². The van der Waals surface area contributed by atoms with Crippen LogP contribution in [0.2, 0.25) is 36.3 Å². The largest absolute Gasteiger partial charge is 0.472 e. The summed E-state index contributed by atoms with van der Waals surface area (Å²) in [7, 11) is -13.1. The van der Waals surface area contributed by atoms with Gasteiger partial charge in [-0.15, -0.1) is 0 Å². The third-order valence-corrected chi connectivity index (χ3v) is 35.7. The van der Waals surface area contributed by atoms with E-state index in [1.165, 1.54) is 47.1 Å². The first kappa shape index (κ1) is 103. The number of hydrogen-bond acceptors (Lipinski definition) is 30. The van der Waals surface area contributed by atoms with E-state index in [0.29, 0.717) is 27.9 Å². The topological polar surface area (TPSA) is 527 Å². The summed E-state index contributed by atoms with van der Waals surface area (Å²) in [6, 6.07) is 29.0. The maximum Gasteiger partial charge on any atom is 0.472 e. The smallest absolute Gasteiger partial charge is 0.408 e. The van der Waals surface area contributed by atoms with Crippen LogP contribution in [0.25, 0.3) is 44.7 Å². The van der Waals surface area contributed by atoms with Gasteiger partial charge in [0.1, 0.15) is 60.5 Å². The number of pyridine rings is 2. The van der Waals surface area contributed by atoms with Crippen molar-refractivity contribution in [2.24, 2.45) is 11.8 Å². The Morgan fingerprint density at radius 2 is 0.928 bits per heavy atom. The molecule has 0 saturated carbocycles. The van der Waals surface area contributed by atoms with Crippen LogP contribution in [-0.2, 0) is 69.5 Å². The third kappa shape index (κ3) is 21.7. The van der Waals surface area contributed by atoms with Crippen molar-refractivity contribution in [1.29, 1.82) is 0 Å². The first-order valence-electron chi connectivity index (χ1n) is 44.6. The van der Waals surface area contributed by atoms with E-state index in [0.717, 1.165) is 0 Å². The first-order chi connectivity index (χ1) is 65.1. The summed E-state index contributed by atoms with van der Waals surface area (Å²) in [5.74, 6) is -2.34. The number of amides is 4. The summed E-state index contributed by atoms with van der Waals surface area (Å²) in [6.07, 6.45) is -0.404. The molecule has 16 heterocycles. The lowest BCUT2D eigenvalue weighted by Gasteiger charge is -2.40. The molecule has 2 aromatic carbocycles. The second-order valence-electron chi connectivity index (χ2n) is 37.2. The Morgan fingerprint density at radius 1 is 0.551 bits per heavy atom. The summed E-state index contributed by atoms with van der Waals surface area (Å²) >= 11 is 0. The zero-order valence-electron chi connectivity index (χ0n) is 78.1. The molecule has 43 nitrogen and oxygen atoms in total. The fourth-order valence-electron chi connectivity index (χ4n) is 15.5. The third-order valence-electron chi connectivity index (χ3n) is 25.1. The minimum absolute atomic E-state index is 0. The standard InChI is InChI=1S/C39H50FN10O11PSi.C39H50FN10O10PSi.2C5H5N.CH4/c1-9-22-23(40)26(35(58-22)50-19-44-25-31(50)46-37(48-34(25)53)47-32(51)20(2)3)60-62(54,55)57-16-39-15-56-27(28(39)61-63(7,8)38(4,5)6)36(59-39)49-18-43-24-29(41-17-42-30(24)49)45-33(52)21-13-11-10-12-14-21;1-9-22-23(40)26(35(57-22)50-19-44-25-31(50)46-37(48-34(25)53)47-32(51)20(2)3)59-61(54)56-16-39-15-55-27(28(39)60-62(7,8)38(4,5)6)36(58-39)49-18-43-24-29(41-17-42-30(24)49)45-33(52)21-13-11-10-12-14-21;2*1-2-4-6-5-3-1;/h10-14,17-20,22-23,26-28,35-36H,9,15-16H2,1-8H3,(H,54,55)(H,41,42,45,52)(H2,46,47,48,51,53);10-14,17-20,22-23,26-28,35-36,54H,9,15-16H2,1-8H3,(H,41,42,45,52)(H2,46,47,48,51,53);2*1-5H;1H4/p+2/t22-,23?,26-,27-,28+,35-,36-,39-;22-,23+,26-,27-,28+,35-,36-,39-,61?;;;/m11.../s1. The average molecular weight is 1990 g/mol. The zero-order valence-corrected chi connectivity index (χ0v) is 81.8. The SMILES string of the molecule is C.CC[C@H]1O[C@@H](n2cnc3c(=O)[nH]c(NC(=O)C(C)C)nc32)[C@H](OP(=O)(O)OC[C@@]23CO[C@@H]([C@H](n4cnc5c(NC(=O)c6ccccc6)ncnc54)O2)[C@@H]3O[Si](C)(C)C(C)(C)C)C1F.CC[C@H]1O[C@@H](n2cnc3c(=O)[nH]c(NC(=O)C(C)C)nc32)[C@H](OP(O)OC[C@@]23CO[C@@H]([C@H](n4cnc5c(NC(=O)c6ccccc6)ncnc54)O2)[C@@H]3O[Si](C)(C)C(C)(C)C)[C@H]1F.c1cc[nH+]cc1.c1cc[nH+]cc1. The highest BCUT2D eigenvalue weighted by atomic mass is 31.2. The van der Waals surface area contributed by atoms with Crippen LogP contribution < -0.4 is 42.4 Å². The van der Waals surface area contributed by atoms with Crippen molar-refractivity contribution in [3.8, 4) is 0 Å². The number of H-pyrrole nitrogens is 4. The Hall–Kier alpha value is -11.2. The number of imidazole rings is 4. The van der Waals surface area contributed by atoms with Gasteiger partial charge in [-0.2, -0.15) is 9.97 Å². The molecule has 0 spiro atoms. The van der Waals surface area contributed by atoms with E-state index in [9.17, 15) is 43.1 Å². The van der Waals surface area contributed by atoms with Gasteiger partial charge in [0.15, 0.2) is 135 Å². The van der Waals surface area contributed by atoms with E-state index in [2.05, 4.69) is 146 Å². The fraction of sp³-hybridized carbons (Fsp3) is 0.483. The molecule has 0 aliphatic carbocycles. The van der Waals surface area contributed by atoms with Crippen LogP contribution in [0.3, 0.4) is 0 Å². The number of fused-ring (bicyclic) bond motifs is 8. The van der Waals surface area contributed by atoms with E-state index in [4.69, 9.17) is 55.4 Å². The van der Waals surface area contributed by atoms with Gasteiger partial charge in [-0.05, 0) is 73.4 Å². The molecule has 49 heteroatoms. The highest BCUT2D eigenvalue weighted by molar-refractivity contribution is 7.47. The summed E-state index contributed by atoms with van der Waals surface area (Å²) < 4.78 is 128. The van der Waals surface area contributed by atoms with Crippen LogP contribution in [0.15, 0.2) is 169 Å². The average Bonchev–Trinajstić information content (AvgIpc) is 1.56. The number of nitrogens with one attached hydrogen (secondary N) is 8. The van der Waals surface area contributed by atoms with E-state index >= 15 is 8.78 Å². The van der Waals surface area contributed by atoms with Crippen LogP contribution >= 0.6 is 16.4 Å². The number of alkyl halides is 2. The Balaban J connectivity index is 0.000000195. The summed E-state index contributed by atoms with van der Waals surface area (Å²) in [4.78, 5) is 154. The molecular weight excluding hydrogens is 1870 g/mol. The van der Waals surface area contributed by atoms with Gasteiger partial charge in [0, 0.05) is 47.2 Å². The summed E-state index contributed by atoms with van der Waals surface area (Å²) in [5.41, 5.74) is -2.29. The van der Waals surface area contributed by atoms with Crippen molar-refractivity contribution < 1.29 is 108 Å². The maximum absolute atomic E-state index is 16.2. The normalized spacial score (nSPS) is 25.1. The van der Waals surface area contributed by atoms with E-state index in [-0.39, 0.29) is 113 Å². The lowest BCUT2D eigenvalue weighted by Crippen LogP contribution is -2.53. The quantitative estimate of drug-likeness (QED) is 0.0167. The highest BCUT2D eigenvalue weighted by Crippen LogP contribution is 2.57. The number of nitrogens with zero attached hydrogens (tertiary/aromatic N) is 14. The minimum atomic E-state index is -5.19. The van der Waals surface area contributed by atoms with Crippen LogP contribution in [0, 0.1) is 11.8 Å². The van der Waals surface area contributed by atoms with Gasteiger partial charge in [-0.25, -0.2) is 63.2 Å². The minimum Gasteiger partial charge on any atom is -0.408 e. The molecule has 6 aliphatic heterocycles. The lowest BCUT2D eigenvalue weighted by molar-refractivity contribution is -0.378. The Bertz CT molecular complexity index is 6360. The number of ether oxygens (including phenoxy) is 6.